The molecule has 346 valence electrons. The standard InChI is InChI=1S/C68H50F2N2/c1-43-19-11-15-27-51(43)55-37-39-57(53-29-17-13-21-45(53)3)67(65(55)69)71(49-23-7-5-8-24-49)61-41-33-47-32-36-60-62(42-34-48-31-35-59(61)63(47)64(48)60)72(50-25-9-6-10-26-50)68-58(54-30-18-14-22-46(54)4)40-38-56(66(68)70)52-28-16-12-20-44(52)2/h5-42H,1-4H3/i5D,6D,7D,8D,9D,10D,23D,24D,25D,26D. The van der Waals surface area contributed by atoms with Gasteiger partial charge in [-0.1, -0.05) is 194 Å². The largest absolute Gasteiger partial charge is 0.307 e. The van der Waals surface area contributed by atoms with Crippen LogP contribution >= 0.6 is 0 Å². The minimum atomic E-state index is -0.705. The minimum Gasteiger partial charge on any atom is -0.307 e. The van der Waals surface area contributed by atoms with E-state index in [1.54, 1.807) is 36.4 Å². The second-order valence-corrected chi connectivity index (χ2v) is 18.1. The lowest BCUT2D eigenvalue weighted by atomic mass is 9.90. The molecule has 0 aromatic heterocycles. The van der Waals surface area contributed by atoms with Crippen LogP contribution < -0.4 is 9.80 Å². The Kier molecular flexibility index (Phi) is 8.68. The first-order valence-corrected chi connectivity index (χ1v) is 23.7. The molecule has 72 heavy (non-hydrogen) atoms. The molecule has 0 aliphatic heterocycles. The molecule has 0 unspecified atom stereocenters. The molecule has 0 saturated carbocycles. The van der Waals surface area contributed by atoms with Crippen LogP contribution in [0, 0.1) is 39.3 Å². The Balaban J connectivity index is 1.23. The summed E-state index contributed by atoms with van der Waals surface area (Å²) in [6.07, 6.45) is 0. The van der Waals surface area contributed by atoms with Gasteiger partial charge in [0.25, 0.3) is 0 Å². The van der Waals surface area contributed by atoms with E-state index in [9.17, 15) is 5.48 Å². The lowest BCUT2D eigenvalue weighted by molar-refractivity contribution is 0.632. The number of para-hydroxylation sites is 2. The molecule has 0 saturated heterocycles. The van der Waals surface area contributed by atoms with Crippen LogP contribution in [-0.4, -0.2) is 0 Å². The summed E-state index contributed by atoms with van der Waals surface area (Å²) in [6, 6.07) is 45.3. The van der Waals surface area contributed by atoms with Crippen LogP contribution in [0.4, 0.5) is 42.9 Å². The summed E-state index contributed by atoms with van der Waals surface area (Å²) in [5.41, 5.74) is 6.68. The average molecular weight is 943 g/mol. The number of hydrogen-bond acceptors (Lipinski definition) is 2. The first kappa shape index (κ1) is 34.4. The van der Waals surface area contributed by atoms with E-state index in [0.29, 0.717) is 65.7 Å². The third-order valence-electron chi connectivity index (χ3n) is 13.9. The highest BCUT2D eigenvalue weighted by atomic mass is 19.1. The molecule has 0 fully saturated rings. The summed E-state index contributed by atoms with van der Waals surface area (Å²) in [6.45, 7) is 7.56. The van der Waals surface area contributed by atoms with Crippen molar-refractivity contribution < 1.29 is 22.5 Å². The molecule has 12 aromatic carbocycles. The zero-order valence-corrected chi connectivity index (χ0v) is 39.8. The molecule has 0 N–H and O–H groups in total. The lowest BCUT2D eigenvalue weighted by Gasteiger charge is -2.32. The zero-order chi connectivity index (χ0) is 57.7. The molecule has 0 radical (unpaired) electrons. The van der Waals surface area contributed by atoms with E-state index in [1.807, 2.05) is 161 Å². The monoisotopic (exact) mass is 942 g/mol. The fourth-order valence-electron chi connectivity index (χ4n) is 10.5. The summed E-state index contributed by atoms with van der Waals surface area (Å²) in [5.74, 6) is -1.41. The number of aryl methyl sites for hydroxylation is 4. The number of rotatable bonds is 10. The van der Waals surface area contributed by atoms with Crippen LogP contribution in [0.25, 0.3) is 76.8 Å². The Morgan fingerprint density at radius 2 is 0.625 bits per heavy atom. The van der Waals surface area contributed by atoms with Gasteiger partial charge in [0, 0.05) is 44.4 Å². The summed E-state index contributed by atoms with van der Waals surface area (Å²) >= 11 is 0. The van der Waals surface area contributed by atoms with Crippen molar-refractivity contribution in [2.75, 3.05) is 9.80 Å². The molecule has 4 heteroatoms. The highest BCUT2D eigenvalue weighted by molar-refractivity contribution is 6.28. The van der Waals surface area contributed by atoms with Crippen molar-refractivity contribution in [3.63, 3.8) is 0 Å². The maximum Gasteiger partial charge on any atom is 0.155 e. The molecular weight excluding hydrogens is 883 g/mol. The van der Waals surface area contributed by atoms with E-state index in [4.69, 9.17) is 8.22 Å². The predicted octanol–water partition coefficient (Wildman–Crippen LogP) is 19.7. The molecular formula is C68H50F2N2. The van der Waals surface area contributed by atoms with Gasteiger partial charge in [0.2, 0.25) is 0 Å². The quantitative estimate of drug-likeness (QED) is 0.126. The van der Waals surface area contributed by atoms with E-state index in [-0.39, 0.29) is 45.3 Å². The van der Waals surface area contributed by atoms with Crippen LogP contribution in [0.1, 0.15) is 36.0 Å². The normalized spacial score (nSPS) is 13.4. The van der Waals surface area contributed by atoms with Gasteiger partial charge in [0.15, 0.2) is 11.6 Å². The van der Waals surface area contributed by atoms with Crippen molar-refractivity contribution in [2.24, 2.45) is 0 Å². The van der Waals surface area contributed by atoms with Gasteiger partial charge in [-0.15, -0.1) is 0 Å². The molecule has 0 atom stereocenters. The van der Waals surface area contributed by atoms with Crippen LogP contribution in [0.15, 0.2) is 230 Å². The van der Waals surface area contributed by atoms with Crippen molar-refractivity contribution in [3.05, 3.63) is 264 Å². The van der Waals surface area contributed by atoms with E-state index >= 15 is 8.78 Å². The molecule has 12 aromatic rings. The molecule has 0 amide bonds. The van der Waals surface area contributed by atoms with Gasteiger partial charge >= 0.3 is 0 Å². The molecule has 12 rings (SSSR count). The fraction of sp³-hybridized carbons (Fsp3) is 0.0588. The smallest absolute Gasteiger partial charge is 0.155 e. The Morgan fingerprint density at radius 1 is 0.319 bits per heavy atom. The number of benzene rings is 12. The molecule has 0 aliphatic rings. The molecule has 0 spiro atoms. The SMILES string of the molecule is [2H]c1c([2H])c([2H])c(N(c2c(-c3ccccc3C)ccc(-c3ccccc3C)c2F)c2ccc3ccc4c(N(c5c([2H])c([2H])c([2H])c([2H])c5[2H])c5c(-c6ccccc6C)ccc(-c6ccccc6C)c5F)ccc5ccc2c3c54)c([2H])c1[2H]. The van der Waals surface area contributed by atoms with Gasteiger partial charge in [-0.05, 0) is 130 Å². The maximum atomic E-state index is 18.8. The predicted molar refractivity (Wildman–Crippen MR) is 300 cm³/mol. The first-order chi connectivity index (χ1) is 39.4. The van der Waals surface area contributed by atoms with Gasteiger partial charge < -0.3 is 9.80 Å². The van der Waals surface area contributed by atoms with Crippen LogP contribution in [0.3, 0.4) is 0 Å². The van der Waals surface area contributed by atoms with Crippen molar-refractivity contribution in [2.45, 2.75) is 27.7 Å². The second-order valence-electron chi connectivity index (χ2n) is 18.1. The molecule has 0 bridgehead atoms. The highest BCUT2D eigenvalue weighted by Crippen LogP contribution is 2.53. The second kappa shape index (κ2) is 18.1. The summed E-state index contributed by atoms with van der Waals surface area (Å²) in [4.78, 5) is 2.90. The highest BCUT2D eigenvalue weighted by Gasteiger charge is 2.30. The third-order valence-corrected chi connectivity index (χ3v) is 13.9. The van der Waals surface area contributed by atoms with Crippen LogP contribution in [0.2, 0.25) is 0 Å². The average Bonchev–Trinajstić information content (AvgIpc) is 2.38. The van der Waals surface area contributed by atoms with Crippen molar-refractivity contribution in [3.8, 4) is 44.5 Å². The van der Waals surface area contributed by atoms with Crippen LogP contribution in [-0.2, 0) is 0 Å². The summed E-state index contributed by atoms with van der Waals surface area (Å²) < 4.78 is 129. The van der Waals surface area contributed by atoms with Crippen molar-refractivity contribution in [1.29, 1.82) is 0 Å². The summed E-state index contributed by atoms with van der Waals surface area (Å²) in [5, 5.41) is 3.58. The number of halogens is 2. The lowest BCUT2D eigenvalue weighted by Crippen LogP contribution is -2.15. The van der Waals surface area contributed by atoms with E-state index < -0.39 is 72.1 Å². The fourth-order valence-corrected chi connectivity index (χ4v) is 10.5. The maximum absolute atomic E-state index is 18.8. The number of anilines is 6. The Hall–Kier alpha value is -8.86. The van der Waals surface area contributed by atoms with E-state index in [2.05, 4.69) is 0 Å². The molecule has 2 nitrogen and oxygen atoms in total. The van der Waals surface area contributed by atoms with E-state index in [1.165, 1.54) is 9.80 Å². The topological polar surface area (TPSA) is 6.48 Å². The van der Waals surface area contributed by atoms with Gasteiger partial charge in [0.05, 0.1) is 36.5 Å². The zero-order valence-electron chi connectivity index (χ0n) is 49.8. The Morgan fingerprint density at radius 3 is 0.972 bits per heavy atom. The third kappa shape index (κ3) is 7.38. The van der Waals surface area contributed by atoms with Gasteiger partial charge in [-0.2, -0.15) is 0 Å². The minimum absolute atomic E-state index is 0.0654. The van der Waals surface area contributed by atoms with Gasteiger partial charge in [-0.3, -0.25) is 0 Å². The number of hydrogen-bond donors (Lipinski definition) is 0. The number of nitrogens with zero attached hydrogens (tertiary/aromatic N) is 2. The van der Waals surface area contributed by atoms with Crippen molar-refractivity contribution in [1.82, 2.24) is 0 Å². The summed E-state index contributed by atoms with van der Waals surface area (Å²) in [7, 11) is 0. The van der Waals surface area contributed by atoms with Crippen molar-refractivity contribution >= 4 is 66.4 Å². The van der Waals surface area contributed by atoms with Gasteiger partial charge in [0.1, 0.15) is 0 Å². The van der Waals surface area contributed by atoms with E-state index in [0.717, 1.165) is 22.3 Å². The van der Waals surface area contributed by atoms with Gasteiger partial charge in [-0.25, -0.2) is 8.78 Å². The Bertz CT molecular complexity index is 4290. The van der Waals surface area contributed by atoms with Crippen LogP contribution in [0.5, 0.6) is 0 Å². The molecule has 0 aliphatic carbocycles. The first-order valence-electron chi connectivity index (χ1n) is 28.7. The molecule has 0 heterocycles. The Labute approximate surface area is 433 Å².